The van der Waals surface area contributed by atoms with Crippen LogP contribution in [0.25, 0.3) is 0 Å². The molecule has 0 radical (unpaired) electrons. The molecule has 0 bridgehead atoms. The first kappa shape index (κ1) is 11.1. The van der Waals surface area contributed by atoms with Crippen LogP contribution in [0.3, 0.4) is 0 Å². The van der Waals surface area contributed by atoms with Crippen LogP contribution in [0.2, 0.25) is 0 Å². The quantitative estimate of drug-likeness (QED) is 0.584. The molecule has 3 atom stereocenters. The van der Waals surface area contributed by atoms with Gasteiger partial charge in [0.15, 0.2) is 0 Å². The molecule has 1 amide bonds. The zero-order valence-corrected chi connectivity index (χ0v) is 8.98. The van der Waals surface area contributed by atoms with E-state index in [0.717, 1.165) is 19.4 Å². The van der Waals surface area contributed by atoms with Crippen LogP contribution < -0.4 is 10.6 Å². The number of rotatable bonds is 3. The molecule has 5 nitrogen and oxygen atoms in total. The lowest BCUT2D eigenvalue weighted by Crippen LogP contribution is -2.44. The first-order chi connectivity index (χ1) is 7.66. The van der Waals surface area contributed by atoms with Gasteiger partial charge in [0, 0.05) is 6.04 Å². The molecule has 1 fully saturated rings. The van der Waals surface area contributed by atoms with Crippen LogP contribution in [-0.4, -0.2) is 35.6 Å². The van der Waals surface area contributed by atoms with E-state index < -0.39 is 11.9 Å². The zero-order valence-electron chi connectivity index (χ0n) is 8.98. The fraction of sp³-hybridized carbons (Fsp3) is 0.636. The van der Waals surface area contributed by atoms with Crippen molar-refractivity contribution in [3.8, 4) is 0 Å². The third-order valence-corrected chi connectivity index (χ3v) is 3.11. The average molecular weight is 224 g/mol. The molecule has 16 heavy (non-hydrogen) atoms. The number of aliphatic carboxylic acids is 1. The molecule has 3 N–H and O–H groups in total. The molecule has 1 heterocycles. The number of nitrogens with one attached hydrogen (secondary N) is 2. The van der Waals surface area contributed by atoms with Gasteiger partial charge < -0.3 is 15.7 Å². The molecule has 0 aromatic carbocycles. The molecule has 0 spiro atoms. The van der Waals surface area contributed by atoms with Gasteiger partial charge >= 0.3 is 5.97 Å². The monoisotopic (exact) mass is 224 g/mol. The van der Waals surface area contributed by atoms with Gasteiger partial charge in [-0.05, 0) is 25.8 Å². The number of carbonyl (C=O) groups is 2. The summed E-state index contributed by atoms with van der Waals surface area (Å²) in [6.07, 6.45) is 5.77. The molecular weight excluding hydrogens is 208 g/mol. The van der Waals surface area contributed by atoms with Crippen LogP contribution in [0.1, 0.15) is 19.3 Å². The van der Waals surface area contributed by atoms with Crippen molar-refractivity contribution < 1.29 is 14.7 Å². The third kappa shape index (κ3) is 2.41. The summed E-state index contributed by atoms with van der Waals surface area (Å²) in [5.41, 5.74) is 0. The molecule has 88 valence electrons. The van der Waals surface area contributed by atoms with E-state index in [9.17, 15) is 9.59 Å². The maximum atomic E-state index is 11.7. The van der Waals surface area contributed by atoms with Crippen molar-refractivity contribution >= 4 is 11.9 Å². The van der Waals surface area contributed by atoms with Crippen molar-refractivity contribution in [2.45, 2.75) is 31.3 Å². The summed E-state index contributed by atoms with van der Waals surface area (Å²) in [6, 6.07) is -0.228. The normalized spacial score (nSPS) is 32.9. The summed E-state index contributed by atoms with van der Waals surface area (Å²) in [4.78, 5) is 22.4. The molecule has 1 aliphatic carbocycles. The minimum atomic E-state index is -0.827. The molecule has 5 heteroatoms. The lowest BCUT2D eigenvalue weighted by atomic mass is 10.1. The molecule has 0 aromatic heterocycles. The van der Waals surface area contributed by atoms with Gasteiger partial charge in [-0.15, -0.1) is 0 Å². The van der Waals surface area contributed by atoms with Crippen LogP contribution >= 0.6 is 0 Å². The SMILES string of the molecule is O=C(O)C1C=CC(NC(=O)[C@@H]2CCCN2)C1. The van der Waals surface area contributed by atoms with Gasteiger partial charge in [0.2, 0.25) is 5.91 Å². The maximum Gasteiger partial charge on any atom is 0.310 e. The second-order valence-electron chi connectivity index (χ2n) is 4.33. The van der Waals surface area contributed by atoms with E-state index in [4.69, 9.17) is 5.11 Å². The molecule has 0 saturated carbocycles. The van der Waals surface area contributed by atoms with Gasteiger partial charge in [-0.1, -0.05) is 12.2 Å². The van der Waals surface area contributed by atoms with Gasteiger partial charge in [-0.2, -0.15) is 0 Å². The van der Waals surface area contributed by atoms with E-state index >= 15 is 0 Å². The van der Waals surface area contributed by atoms with Crippen LogP contribution in [0, 0.1) is 5.92 Å². The lowest BCUT2D eigenvalue weighted by Gasteiger charge is -2.15. The Bertz CT molecular complexity index is 321. The van der Waals surface area contributed by atoms with E-state index in [1.165, 1.54) is 0 Å². The van der Waals surface area contributed by atoms with Gasteiger partial charge in [0.25, 0.3) is 0 Å². The lowest BCUT2D eigenvalue weighted by molar-refractivity contribution is -0.140. The summed E-state index contributed by atoms with van der Waals surface area (Å²) < 4.78 is 0. The summed E-state index contributed by atoms with van der Waals surface area (Å²) in [6.45, 7) is 0.885. The van der Waals surface area contributed by atoms with E-state index in [-0.39, 0.29) is 18.0 Å². The smallest absolute Gasteiger partial charge is 0.310 e. The predicted octanol–water partition coefficient (Wildman–Crippen LogP) is -0.116. The van der Waals surface area contributed by atoms with Crippen LogP contribution in [0.4, 0.5) is 0 Å². The Kier molecular flexibility index (Phi) is 3.24. The Morgan fingerprint density at radius 1 is 1.38 bits per heavy atom. The maximum absolute atomic E-state index is 11.7. The first-order valence-electron chi connectivity index (χ1n) is 5.61. The van der Waals surface area contributed by atoms with Crippen molar-refractivity contribution in [2.24, 2.45) is 5.92 Å². The van der Waals surface area contributed by atoms with Crippen molar-refractivity contribution in [2.75, 3.05) is 6.54 Å². The Labute approximate surface area is 93.9 Å². The number of hydrogen-bond donors (Lipinski definition) is 3. The molecule has 2 rings (SSSR count). The topological polar surface area (TPSA) is 78.4 Å². The summed E-state index contributed by atoms with van der Waals surface area (Å²) in [7, 11) is 0. The molecular formula is C11H16N2O3. The fourth-order valence-corrected chi connectivity index (χ4v) is 2.18. The summed E-state index contributed by atoms with van der Waals surface area (Å²) in [5, 5.41) is 14.8. The molecule has 2 unspecified atom stereocenters. The molecule has 1 saturated heterocycles. The molecule has 2 aliphatic rings. The number of carboxylic acid groups (broad SMARTS) is 1. The second-order valence-corrected chi connectivity index (χ2v) is 4.33. The summed E-state index contributed by atoms with van der Waals surface area (Å²) in [5.74, 6) is -1.30. The number of amides is 1. The van der Waals surface area contributed by atoms with Crippen molar-refractivity contribution in [1.29, 1.82) is 0 Å². The number of hydrogen-bond acceptors (Lipinski definition) is 3. The fourth-order valence-electron chi connectivity index (χ4n) is 2.18. The summed E-state index contributed by atoms with van der Waals surface area (Å²) >= 11 is 0. The van der Waals surface area contributed by atoms with E-state index in [1.807, 2.05) is 0 Å². The van der Waals surface area contributed by atoms with Crippen molar-refractivity contribution in [3.63, 3.8) is 0 Å². The largest absolute Gasteiger partial charge is 0.481 e. The highest BCUT2D eigenvalue weighted by Gasteiger charge is 2.28. The van der Waals surface area contributed by atoms with Crippen LogP contribution in [-0.2, 0) is 9.59 Å². The predicted molar refractivity (Wildman–Crippen MR) is 57.8 cm³/mol. The number of carboxylic acids is 1. The Morgan fingerprint density at radius 3 is 2.75 bits per heavy atom. The van der Waals surface area contributed by atoms with Gasteiger partial charge in [-0.25, -0.2) is 0 Å². The van der Waals surface area contributed by atoms with E-state index in [0.29, 0.717) is 6.42 Å². The highest BCUT2D eigenvalue weighted by molar-refractivity contribution is 5.83. The zero-order chi connectivity index (χ0) is 11.5. The minimum Gasteiger partial charge on any atom is -0.481 e. The Morgan fingerprint density at radius 2 is 2.19 bits per heavy atom. The van der Waals surface area contributed by atoms with Crippen molar-refractivity contribution in [3.05, 3.63) is 12.2 Å². The van der Waals surface area contributed by atoms with E-state index in [1.54, 1.807) is 12.2 Å². The average Bonchev–Trinajstić information content (AvgIpc) is 2.87. The Hall–Kier alpha value is -1.36. The number of carbonyl (C=O) groups excluding carboxylic acids is 1. The van der Waals surface area contributed by atoms with Crippen LogP contribution in [0.15, 0.2) is 12.2 Å². The molecule has 0 aromatic rings. The third-order valence-electron chi connectivity index (χ3n) is 3.11. The highest BCUT2D eigenvalue weighted by atomic mass is 16.4. The van der Waals surface area contributed by atoms with E-state index in [2.05, 4.69) is 10.6 Å². The minimum absolute atomic E-state index is 0.0156. The van der Waals surface area contributed by atoms with Gasteiger partial charge in [0.05, 0.1) is 12.0 Å². The van der Waals surface area contributed by atoms with Gasteiger partial charge in [-0.3, -0.25) is 9.59 Å². The first-order valence-corrected chi connectivity index (χ1v) is 5.61. The highest BCUT2D eigenvalue weighted by Crippen LogP contribution is 2.18. The van der Waals surface area contributed by atoms with Crippen LogP contribution in [0.5, 0.6) is 0 Å². The van der Waals surface area contributed by atoms with Gasteiger partial charge in [0.1, 0.15) is 0 Å². The van der Waals surface area contributed by atoms with Crippen molar-refractivity contribution in [1.82, 2.24) is 10.6 Å². The second kappa shape index (κ2) is 4.65. The Balaban J connectivity index is 1.81. The molecule has 1 aliphatic heterocycles. The standard InChI is InChI=1S/C11H16N2O3/c14-10(9-2-1-5-12-9)13-8-4-3-7(6-8)11(15)16/h3-4,7-9,12H,1-2,5-6H2,(H,13,14)(H,15,16)/t7?,8?,9-/m0/s1.